The highest BCUT2D eigenvalue weighted by Gasteiger charge is 2.14. The number of hydrogen-bond acceptors (Lipinski definition) is 5. The van der Waals surface area contributed by atoms with Crippen LogP contribution in [0.1, 0.15) is 0 Å². The van der Waals surface area contributed by atoms with Crippen LogP contribution in [0.15, 0.2) is 66.7 Å². The summed E-state index contributed by atoms with van der Waals surface area (Å²) in [7, 11) is 0. The summed E-state index contributed by atoms with van der Waals surface area (Å²) in [5, 5.41) is 12.7. The normalized spacial score (nSPS) is 10.9. The van der Waals surface area contributed by atoms with Crippen LogP contribution in [-0.4, -0.2) is 33.2 Å². The van der Waals surface area contributed by atoms with Gasteiger partial charge in [-0.2, -0.15) is 0 Å². The molecule has 27 heavy (non-hydrogen) atoms. The monoisotopic (exact) mass is 376 g/mol. The van der Waals surface area contributed by atoms with Crippen molar-refractivity contribution in [1.29, 1.82) is 0 Å². The van der Waals surface area contributed by atoms with Crippen molar-refractivity contribution < 1.29 is 5.11 Å². The van der Waals surface area contributed by atoms with Crippen molar-refractivity contribution in [3.05, 3.63) is 71.8 Å². The van der Waals surface area contributed by atoms with Gasteiger partial charge >= 0.3 is 0 Å². The van der Waals surface area contributed by atoms with Gasteiger partial charge in [0.05, 0.1) is 18.0 Å². The molecule has 0 amide bonds. The van der Waals surface area contributed by atoms with E-state index in [2.05, 4.69) is 10.3 Å². The molecule has 4 rings (SSSR count). The van der Waals surface area contributed by atoms with Crippen LogP contribution < -0.4 is 5.32 Å². The topological polar surface area (TPSA) is 70.9 Å². The number of aromatic nitrogens is 3. The van der Waals surface area contributed by atoms with Crippen molar-refractivity contribution in [2.24, 2.45) is 0 Å². The van der Waals surface area contributed by atoms with Crippen molar-refractivity contribution in [2.75, 3.05) is 18.5 Å². The molecule has 2 N–H and O–H groups in total. The first-order chi connectivity index (χ1) is 13.2. The second-order valence-corrected chi connectivity index (χ2v) is 6.42. The molecular formula is C21H17ClN4O. The molecular weight excluding hydrogens is 360 g/mol. The number of benzene rings is 2. The molecule has 0 aliphatic carbocycles. The number of hydrogen-bond donors (Lipinski definition) is 2. The Hall–Kier alpha value is -3.02. The SMILES string of the molecule is OCCNc1ccc2nc(-c3ccccc3)c(-c3ccc(Cl)cc3)nc2n1. The third-order valence-corrected chi connectivity index (χ3v) is 4.36. The number of aliphatic hydroxyl groups excluding tert-OH is 1. The molecule has 2 aromatic carbocycles. The van der Waals surface area contributed by atoms with E-state index < -0.39 is 0 Å². The summed E-state index contributed by atoms with van der Waals surface area (Å²) in [6, 6.07) is 21.2. The molecule has 0 radical (unpaired) electrons. The summed E-state index contributed by atoms with van der Waals surface area (Å²) >= 11 is 6.04. The zero-order valence-corrected chi connectivity index (χ0v) is 15.2. The Balaban J connectivity index is 1.91. The molecule has 6 heteroatoms. The van der Waals surface area contributed by atoms with Gasteiger partial charge in [-0.25, -0.2) is 15.0 Å². The number of anilines is 1. The van der Waals surface area contributed by atoms with E-state index in [-0.39, 0.29) is 6.61 Å². The minimum atomic E-state index is 0.0361. The molecule has 0 aliphatic rings. The fraction of sp³-hybridized carbons (Fsp3) is 0.0952. The Morgan fingerprint density at radius 1 is 0.778 bits per heavy atom. The standard InChI is InChI=1S/C21H17ClN4O/c22-16-8-6-15(7-9-16)20-19(14-4-2-1-3-5-14)24-17-10-11-18(23-12-13-27)25-21(17)26-20/h1-11,27H,12-13H2,(H,23,25,26). The van der Waals surface area contributed by atoms with Crippen LogP contribution in [0.2, 0.25) is 5.02 Å². The first kappa shape index (κ1) is 17.4. The number of nitrogens with one attached hydrogen (secondary N) is 1. The van der Waals surface area contributed by atoms with E-state index in [1.807, 2.05) is 66.7 Å². The smallest absolute Gasteiger partial charge is 0.180 e. The summed E-state index contributed by atoms with van der Waals surface area (Å²) in [4.78, 5) is 14.2. The molecule has 0 saturated carbocycles. The second-order valence-electron chi connectivity index (χ2n) is 5.98. The van der Waals surface area contributed by atoms with Crippen molar-refractivity contribution >= 4 is 28.6 Å². The lowest BCUT2D eigenvalue weighted by Gasteiger charge is -2.11. The predicted octanol–water partition coefficient (Wildman–Crippen LogP) is 4.42. The van der Waals surface area contributed by atoms with E-state index in [0.717, 1.165) is 22.5 Å². The molecule has 0 atom stereocenters. The lowest BCUT2D eigenvalue weighted by molar-refractivity contribution is 0.311. The lowest BCUT2D eigenvalue weighted by atomic mass is 10.0. The second kappa shape index (κ2) is 7.70. The first-order valence-corrected chi connectivity index (χ1v) is 8.97. The van der Waals surface area contributed by atoms with Crippen LogP contribution in [0.3, 0.4) is 0 Å². The highest BCUT2D eigenvalue weighted by Crippen LogP contribution is 2.31. The summed E-state index contributed by atoms with van der Waals surface area (Å²) in [6.07, 6.45) is 0. The average Bonchev–Trinajstić information content (AvgIpc) is 2.72. The Morgan fingerprint density at radius 3 is 2.22 bits per heavy atom. The van der Waals surface area contributed by atoms with Crippen LogP contribution in [0.5, 0.6) is 0 Å². The molecule has 0 aliphatic heterocycles. The minimum absolute atomic E-state index is 0.0361. The van der Waals surface area contributed by atoms with E-state index >= 15 is 0 Å². The summed E-state index contributed by atoms with van der Waals surface area (Å²) in [5.74, 6) is 0.653. The fourth-order valence-electron chi connectivity index (χ4n) is 2.83. The van der Waals surface area contributed by atoms with Gasteiger partial charge in [-0.3, -0.25) is 0 Å². The molecule has 0 spiro atoms. The predicted molar refractivity (Wildman–Crippen MR) is 109 cm³/mol. The van der Waals surface area contributed by atoms with Crippen molar-refractivity contribution in [3.63, 3.8) is 0 Å². The van der Waals surface area contributed by atoms with E-state index in [0.29, 0.717) is 28.5 Å². The number of nitrogens with zero attached hydrogens (tertiary/aromatic N) is 3. The Morgan fingerprint density at radius 2 is 1.48 bits per heavy atom. The van der Waals surface area contributed by atoms with E-state index in [9.17, 15) is 0 Å². The van der Waals surface area contributed by atoms with Gasteiger partial charge in [-0.15, -0.1) is 0 Å². The van der Waals surface area contributed by atoms with Gasteiger partial charge in [0.2, 0.25) is 0 Å². The van der Waals surface area contributed by atoms with Crippen LogP contribution >= 0.6 is 11.6 Å². The number of pyridine rings is 1. The summed E-state index contributed by atoms with van der Waals surface area (Å²) in [6.45, 7) is 0.465. The highest BCUT2D eigenvalue weighted by molar-refractivity contribution is 6.30. The van der Waals surface area contributed by atoms with Crippen LogP contribution in [0.25, 0.3) is 33.7 Å². The fourth-order valence-corrected chi connectivity index (χ4v) is 2.96. The Kier molecular flexibility index (Phi) is 4.96. The molecule has 0 unspecified atom stereocenters. The quantitative estimate of drug-likeness (QED) is 0.539. The third-order valence-electron chi connectivity index (χ3n) is 4.11. The zero-order valence-electron chi connectivity index (χ0n) is 14.4. The van der Waals surface area contributed by atoms with Crippen molar-refractivity contribution in [1.82, 2.24) is 15.0 Å². The summed E-state index contributed by atoms with van der Waals surface area (Å²) in [5.41, 5.74) is 4.70. The van der Waals surface area contributed by atoms with Gasteiger partial charge < -0.3 is 10.4 Å². The summed E-state index contributed by atoms with van der Waals surface area (Å²) < 4.78 is 0. The minimum Gasteiger partial charge on any atom is -0.395 e. The molecule has 2 aromatic heterocycles. The maximum absolute atomic E-state index is 8.99. The van der Waals surface area contributed by atoms with Crippen molar-refractivity contribution in [2.45, 2.75) is 0 Å². The molecule has 2 heterocycles. The van der Waals surface area contributed by atoms with E-state index in [4.69, 9.17) is 26.7 Å². The van der Waals surface area contributed by atoms with Crippen LogP contribution in [-0.2, 0) is 0 Å². The molecule has 134 valence electrons. The van der Waals surface area contributed by atoms with Gasteiger partial charge in [0.15, 0.2) is 5.65 Å². The number of aliphatic hydroxyl groups is 1. The average molecular weight is 377 g/mol. The molecule has 0 bridgehead atoms. The maximum Gasteiger partial charge on any atom is 0.180 e. The molecule has 0 fully saturated rings. The largest absolute Gasteiger partial charge is 0.395 e. The van der Waals surface area contributed by atoms with E-state index in [1.165, 1.54) is 0 Å². The number of rotatable bonds is 5. The van der Waals surface area contributed by atoms with Crippen molar-refractivity contribution in [3.8, 4) is 22.5 Å². The molecule has 0 saturated heterocycles. The maximum atomic E-state index is 8.99. The first-order valence-electron chi connectivity index (χ1n) is 8.59. The van der Waals surface area contributed by atoms with E-state index in [1.54, 1.807) is 0 Å². The number of halogens is 1. The molecule has 4 aromatic rings. The van der Waals surface area contributed by atoms with Gasteiger partial charge in [-0.1, -0.05) is 54.1 Å². The third kappa shape index (κ3) is 3.74. The van der Waals surface area contributed by atoms with Gasteiger partial charge in [-0.05, 0) is 24.3 Å². The molecule has 5 nitrogen and oxygen atoms in total. The van der Waals surface area contributed by atoms with Gasteiger partial charge in [0.25, 0.3) is 0 Å². The van der Waals surface area contributed by atoms with Crippen LogP contribution in [0.4, 0.5) is 5.82 Å². The number of fused-ring (bicyclic) bond motifs is 1. The van der Waals surface area contributed by atoms with Gasteiger partial charge in [0.1, 0.15) is 11.3 Å². The Bertz CT molecular complexity index is 1070. The Labute approximate surface area is 161 Å². The van der Waals surface area contributed by atoms with Crippen LogP contribution in [0, 0.1) is 0 Å². The van der Waals surface area contributed by atoms with Gasteiger partial charge in [0, 0.05) is 22.7 Å². The highest BCUT2D eigenvalue weighted by atomic mass is 35.5. The zero-order chi connectivity index (χ0) is 18.6. The lowest BCUT2D eigenvalue weighted by Crippen LogP contribution is -2.07.